The first-order valence-corrected chi connectivity index (χ1v) is 6.21. The number of carbonyl (C=O) groups is 2. The van der Waals surface area contributed by atoms with Crippen molar-refractivity contribution in [1.82, 2.24) is 5.32 Å². The van der Waals surface area contributed by atoms with Crippen molar-refractivity contribution in [3.8, 4) is 0 Å². The molecule has 0 aromatic carbocycles. The predicted octanol–water partition coefficient (Wildman–Crippen LogP) is 1.36. The van der Waals surface area contributed by atoms with Crippen molar-refractivity contribution in [2.75, 3.05) is 13.2 Å². The molecular weight excluding hydrogens is 242 g/mol. The van der Waals surface area contributed by atoms with E-state index < -0.39 is 5.97 Å². The fraction of sp³-hybridized carbons (Fsp3) is 0.455. The first-order valence-electron chi connectivity index (χ1n) is 5.40. The van der Waals surface area contributed by atoms with Gasteiger partial charge in [0.2, 0.25) is 0 Å². The summed E-state index contributed by atoms with van der Waals surface area (Å²) in [6.45, 7) is 1.24. The van der Waals surface area contributed by atoms with E-state index in [2.05, 4.69) is 5.32 Å². The van der Waals surface area contributed by atoms with E-state index in [4.69, 9.17) is 9.84 Å². The van der Waals surface area contributed by atoms with E-state index in [0.29, 0.717) is 11.4 Å². The van der Waals surface area contributed by atoms with Crippen molar-refractivity contribution in [3.05, 3.63) is 21.9 Å². The summed E-state index contributed by atoms with van der Waals surface area (Å²) >= 11 is 0.979. The molecule has 1 fully saturated rings. The zero-order valence-corrected chi connectivity index (χ0v) is 9.96. The van der Waals surface area contributed by atoms with Gasteiger partial charge in [-0.1, -0.05) is 0 Å². The van der Waals surface area contributed by atoms with E-state index in [9.17, 15) is 9.59 Å². The molecule has 0 radical (unpaired) electrons. The van der Waals surface area contributed by atoms with Gasteiger partial charge in [-0.2, -0.15) is 0 Å². The Bertz CT molecular complexity index is 423. The Morgan fingerprint density at radius 2 is 2.24 bits per heavy atom. The van der Waals surface area contributed by atoms with Crippen LogP contribution in [0.4, 0.5) is 0 Å². The topological polar surface area (TPSA) is 75.6 Å². The minimum atomic E-state index is -1.01. The number of thiophene rings is 1. The van der Waals surface area contributed by atoms with Crippen LogP contribution < -0.4 is 5.32 Å². The van der Waals surface area contributed by atoms with Crippen LogP contribution in [0.15, 0.2) is 12.1 Å². The highest BCUT2D eigenvalue weighted by Crippen LogP contribution is 2.16. The summed E-state index contributed by atoms with van der Waals surface area (Å²) in [6.07, 6.45) is 2.09. The van der Waals surface area contributed by atoms with Crippen LogP contribution in [0.3, 0.4) is 0 Å². The molecule has 1 unspecified atom stereocenters. The summed E-state index contributed by atoms with van der Waals surface area (Å²) in [5, 5.41) is 11.5. The molecule has 2 heterocycles. The number of amides is 1. The van der Waals surface area contributed by atoms with Gasteiger partial charge in [-0.05, 0) is 25.0 Å². The summed E-state index contributed by atoms with van der Waals surface area (Å²) in [7, 11) is 0. The van der Waals surface area contributed by atoms with Crippen LogP contribution in [0.2, 0.25) is 0 Å². The average Bonchev–Trinajstić information content (AvgIpc) is 2.96. The van der Waals surface area contributed by atoms with Gasteiger partial charge in [-0.25, -0.2) is 4.79 Å². The highest BCUT2D eigenvalue weighted by molar-refractivity contribution is 7.15. The fourth-order valence-corrected chi connectivity index (χ4v) is 2.44. The van der Waals surface area contributed by atoms with Gasteiger partial charge >= 0.3 is 5.97 Å². The van der Waals surface area contributed by atoms with Gasteiger partial charge in [0.25, 0.3) is 5.91 Å². The van der Waals surface area contributed by atoms with Crippen LogP contribution >= 0.6 is 11.3 Å². The Morgan fingerprint density at radius 1 is 1.47 bits per heavy atom. The summed E-state index contributed by atoms with van der Waals surface area (Å²) in [4.78, 5) is 22.9. The van der Waals surface area contributed by atoms with Crippen LogP contribution in [0.25, 0.3) is 0 Å². The standard InChI is InChI=1S/C11H13NO4S/c13-10(12-6-7-2-1-5-16-7)8-3-4-9(17-8)11(14)15/h3-4,7H,1-2,5-6H2,(H,12,13)(H,14,15). The van der Waals surface area contributed by atoms with Gasteiger partial charge < -0.3 is 15.2 Å². The number of nitrogens with one attached hydrogen (secondary N) is 1. The predicted molar refractivity (Wildman–Crippen MR) is 62.6 cm³/mol. The maximum Gasteiger partial charge on any atom is 0.345 e. The molecule has 2 rings (SSSR count). The van der Waals surface area contributed by atoms with E-state index in [1.807, 2.05) is 0 Å². The maximum atomic E-state index is 11.7. The lowest BCUT2D eigenvalue weighted by Crippen LogP contribution is -2.31. The normalized spacial score (nSPS) is 19.2. The smallest absolute Gasteiger partial charge is 0.345 e. The molecule has 6 heteroatoms. The van der Waals surface area contributed by atoms with E-state index in [0.717, 1.165) is 30.8 Å². The quantitative estimate of drug-likeness (QED) is 0.851. The van der Waals surface area contributed by atoms with Crippen molar-refractivity contribution in [2.45, 2.75) is 18.9 Å². The molecule has 5 nitrogen and oxygen atoms in total. The van der Waals surface area contributed by atoms with Crippen molar-refractivity contribution in [3.63, 3.8) is 0 Å². The van der Waals surface area contributed by atoms with Crippen LogP contribution in [0, 0.1) is 0 Å². The van der Waals surface area contributed by atoms with Gasteiger partial charge in [0.1, 0.15) is 4.88 Å². The Balaban J connectivity index is 1.87. The number of hydrogen-bond donors (Lipinski definition) is 2. The third-order valence-corrected chi connectivity index (χ3v) is 3.63. The molecule has 1 aromatic heterocycles. The first kappa shape index (κ1) is 12.1. The van der Waals surface area contributed by atoms with Gasteiger partial charge in [0.05, 0.1) is 11.0 Å². The van der Waals surface area contributed by atoms with Crippen molar-refractivity contribution in [1.29, 1.82) is 0 Å². The lowest BCUT2D eigenvalue weighted by atomic mass is 10.2. The fourth-order valence-electron chi connectivity index (χ4n) is 1.67. The Kier molecular flexibility index (Phi) is 3.75. The summed E-state index contributed by atoms with van der Waals surface area (Å²) < 4.78 is 5.38. The lowest BCUT2D eigenvalue weighted by Gasteiger charge is -2.09. The summed E-state index contributed by atoms with van der Waals surface area (Å²) in [5.74, 6) is -1.24. The number of hydrogen-bond acceptors (Lipinski definition) is 4. The molecule has 1 amide bonds. The second-order valence-electron chi connectivity index (χ2n) is 3.81. The molecule has 1 atom stereocenters. The van der Waals surface area contributed by atoms with E-state index in [1.54, 1.807) is 0 Å². The largest absolute Gasteiger partial charge is 0.477 e. The van der Waals surface area contributed by atoms with Crippen molar-refractivity contribution >= 4 is 23.2 Å². The number of carboxylic acid groups (broad SMARTS) is 1. The van der Waals surface area contributed by atoms with Gasteiger partial charge in [0.15, 0.2) is 0 Å². The number of ether oxygens (including phenoxy) is 1. The third-order valence-electron chi connectivity index (χ3n) is 2.55. The third kappa shape index (κ3) is 3.04. The number of rotatable bonds is 4. The molecule has 92 valence electrons. The van der Waals surface area contributed by atoms with E-state index >= 15 is 0 Å². The molecule has 0 spiro atoms. The Labute approximate surface area is 102 Å². The minimum absolute atomic E-state index is 0.0952. The van der Waals surface area contributed by atoms with Crippen LogP contribution in [-0.2, 0) is 4.74 Å². The number of carboxylic acids is 1. The molecule has 1 aromatic rings. The van der Waals surface area contributed by atoms with Gasteiger partial charge in [-0.15, -0.1) is 11.3 Å². The molecule has 1 aliphatic heterocycles. The first-order chi connectivity index (χ1) is 8.16. The molecule has 0 saturated carbocycles. The summed E-state index contributed by atoms with van der Waals surface area (Å²) in [6, 6.07) is 2.97. The molecule has 0 aliphatic carbocycles. The van der Waals surface area contributed by atoms with Crippen LogP contribution in [0.5, 0.6) is 0 Å². The zero-order valence-electron chi connectivity index (χ0n) is 9.14. The monoisotopic (exact) mass is 255 g/mol. The second-order valence-corrected chi connectivity index (χ2v) is 4.90. The molecule has 17 heavy (non-hydrogen) atoms. The van der Waals surface area contributed by atoms with Gasteiger partial charge in [0, 0.05) is 13.2 Å². The van der Waals surface area contributed by atoms with Crippen molar-refractivity contribution in [2.24, 2.45) is 0 Å². The molecule has 1 saturated heterocycles. The van der Waals surface area contributed by atoms with Crippen LogP contribution in [0.1, 0.15) is 32.2 Å². The summed E-state index contributed by atoms with van der Waals surface area (Å²) in [5.41, 5.74) is 0. The average molecular weight is 255 g/mol. The van der Waals surface area contributed by atoms with Crippen LogP contribution in [-0.4, -0.2) is 36.2 Å². The van der Waals surface area contributed by atoms with Gasteiger partial charge in [-0.3, -0.25) is 4.79 Å². The lowest BCUT2D eigenvalue weighted by molar-refractivity contribution is 0.0702. The van der Waals surface area contributed by atoms with E-state index in [-0.39, 0.29) is 16.9 Å². The molecule has 2 N–H and O–H groups in total. The van der Waals surface area contributed by atoms with Crippen molar-refractivity contribution < 1.29 is 19.4 Å². The molecule has 1 aliphatic rings. The molecular formula is C11H13NO4S. The highest BCUT2D eigenvalue weighted by Gasteiger charge is 2.18. The maximum absolute atomic E-state index is 11.7. The Hall–Kier alpha value is -1.40. The number of aromatic carboxylic acids is 1. The second kappa shape index (κ2) is 5.29. The Morgan fingerprint density at radius 3 is 2.82 bits per heavy atom. The van der Waals surface area contributed by atoms with E-state index in [1.165, 1.54) is 12.1 Å². The molecule has 0 bridgehead atoms. The highest BCUT2D eigenvalue weighted by atomic mass is 32.1. The zero-order chi connectivity index (χ0) is 12.3. The minimum Gasteiger partial charge on any atom is -0.477 e. The SMILES string of the molecule is O=C(O)c1ccc(C(=O)NCC2CCCO2)s1. The number of carbonyl (C=O) groups excluding carboxylic acids is 1.